The minimum absolute atomic E-state index is 0.0653. The van der Waals surface area contributed by atoms with E-state index in [-0.39, 0.29) is 18.0 Å². The predicted octanol–water partition coefficient (Wildman–Crippen LogP) is 2.99. The molecule has 5 rings (SSSR count). The summed E-state index contributed by atoms with van der Waals surface area (Å²) in [5.41, 5.74) is 4.13. The van der Waals surface area contributed by atoms with Crippen LogP contribution in [-0.2, 0) is 9.47 Å². The average Bonchev–Trinajstić information content (AvgIpc) is 3.52. The van der Waals surface area contributed by atoms with E-state index in [2.05, 4.69) is 47.1 Å². The molecule has 0 spiro atoms. The molecule has 4 heterocycles. The molecule has 38 heavy (non-hydrogen) atoms. The van der Waals surface area contributed by atoms with Crippen molar-refractivity contribution in [3.05, 3.63) is 52.3 Å². The highest BCUT2D eigenvalue weighted by atomic mass is 79.9. The van der Waals surface area contributed by atoms with Crippen molar-refractivity contribution in [2.24, 2.45) is 0 Å². The number of halogens is 1. The first-order chi connectivity index (χ1) is 18.4. The van der Waals surface area contributed by atoms with Gasteiger partial charge in [0.1, 0.15) is 6.04 Å². The summed E-state index contributed by atoms with van der Waals surface area (Å²) in [6.07, 6.45) is 2.96. The third-order valence-corrected chi connectivity index (χ3v) is 6.90. The van der Waals surface area contributed by atoms with E-state index in [1.807, 2.05) is 31.2 Å². The van der Waals surface area contributed by atoms with E-state index in [1.54, 1.807) is 28.9 Å². The van der Waals surface area contributed by atoms with Gasteiger partial charge in [-0.15, -0.1) is 10.2 Å². The van der Waals surface area contributed by atoms with E-state index < -0.39 is 0 Å². The zero-order valence-corrected chi connectivity index (χ0v) is 22.6. The van der Waals surface area contributed by atoms with Crippen LogP contribution in [0.3, 0.4) is 0 Å². The van der Waals surface area contributed by atoms with Gasteiger partial charge in [-0.25, -0.2) is 9.31 Å². The van der Waals surface area contributed by atoms with Gasteiger partial charge in [0.05, 0.1) is 54.2 Å². The van der Waals surface area contributed by atoms with Crippen molar-refractivity contribution >= 4 is 44.8 Å². The first kappa shape index (κ1) is 25.6. The second kappa shape index (κ2) is 10.8. The number of likely N-dealkylation sites (tertiary alicyclic amines) is 1. The van der Waals surface area contributed by atoms with Crippen molar-refractivity contribution in [3.8, 4) is 11.4 Å². The molecule has 1 aromatic carbocycles. The number of carbonyl (C=O) groups is 2. The Morgan fingerprint density at radius 3 is 2.76 bits per heavy atom. The van der Waals surface area contributed by atoms with Crippen molar-refractivity contribution in [2.45, 2.75) is 13.0 Å². The first-order valence-corrected chi connectivity index (χ1v) is 12.6. The topological polar surface area (TPSA) is 141 Å². The van der Waals surface area contributed by atoms with Crippen LogP contribution in [0.2, 0.25) is 0 Å². The lowest BCUT2D eigenvalue weighted by atomic mass is 10.1. The largest absolute Gasteiger partial charge is 0.453 e. The molecule has 2 amide bonds. The highest BCUT2D eigenvalue weighted by Gasteiger charge is 2.34. The van der Waals surface area contributed by atoms with Crippen LogP contribution in [0.25, 0.3) is 16.9 Å². The molecule has 0 unspecified atom stereocenters. The van der Waals surface area contributed by atoms with Crippen LogP contribution in [-0.4, -0.2) is 87.2 Å². The normalized spacial score (nSPS) is 13.4. The second-order valence-corrected chi connectivity index (χ2v) is 9.64. The Kier molecular flexibility index (Phi) is 7.24. The van der Waals surface area contributed by atoms with E-state index in [4.69, 9.17) is 9.47 Å². The van der Waals surface area contributed by atoms with Gasteiger partial charge in [-0.3, -0.25) is 4.79 Å². The predicted molar refractivity (Wildman–Crippen MR) is 142 cm³/mol. The van der Waals surface area contributed by atoms with Gasteiger partial charge in [0.2, 0.25) is 5.82 Å². The summed E-state index contributed by atoms with van der Waals surface area (Å²) in [7, 11) is 2.99. The number of benzene rings is 1. The number of aromatic nitrogens is 6. The average molecular weight is 584 g/mol. The van der Waals surface area contributed by atoms with Gasteiger partial charge < -0.3 is 25.0 Å². The standard InChI is InChI=1S/C24H26BrN9O4/c1-14-4-5-15(22-29-31-34(30-22)16-11-32(12-16)24(36)38-3)8-19(14)28-23(35)17-10-27-33-13-18(25)20(9-21(17)33)26-6-7-37-2/h4-5,8-10,13,16,26H,6-7,11-12H2,1-3H3,(H,28,35). The second-order valence-electron chi connectivity index (χ2n) is 8.79. The van der Waals surface area contributed by atoms with E-state index in [0.29, 0.717) is 54.4 Å². The van der Waals surface area contributed by atoms with Crippen LogP contribution in [0, 0.1) is 6.92 Å². The Morgan fingerprint density at radius 1 is 1.18 bits per heavy atom. The summed E-state index contributed by atoms with van der Waals surface area (Å²) in [5.74, 6) is 0.129. The van der Waals surface area contributed by atoms with Crippen LogP contribution in [0.4, 0.5) is 16.2 Å². The molecule has 4 aromatic rings. The van der Waals surface area contributed by atoms with E-state index in [9.17, 15) is 9.59 Å². The molecular weight excluding hydrogens is 558 g/mol. The molecule has 3 aromatic heterocycles. The number of carbonyl (C=O) groups excluding carboxylic acids is 2. The number of amides is 2. The number of pyridine rings is 1. The lowest BCUT2D eigenvalue weighted by Crippen LogP contribution is -2.51. The van der Waals surface area contributed by atoms with E-state index >= 15 is 0 Å². The van der Waals surface area contributed by atoms with Crippen LogP contribution >= 0.6 is 15.9 Å². The number of anilines is 2. The zero-order valence-electron chi connectivity index (χ0n) is 21.0. The third-order valence-electron chi connectivity index (χ3n) is 6.27. The summed E-state index contributed by atoms with van der Waals surface area (Å²) in [6.45, 7) is 3.99. The van der Waals surface area contributed by atoms with Crippen molar-refractivity contribution in [1.29, 1.82) is 0 Å². The minimum Gasteiger partial charge on any atom is -0.453 e. The van der Waals surface area contributed by atoms with Gasteiger partial charge in [0.15, 0.2) is 0 Å². The third kappa shape index (κ3) is 5.04. The molecule has 13 nitrogen and oxygen atoms in total. The zero-order chi connectivity index (χ0) is 26.8. The molecule has 0 saturated carbocycles. The number of methoxy groups -OCH3 is 2. The number of hydrogen-bond donors (Lipinski definition) is 2. The number of ether oxygens (including phenoxy) is 2. The molecule has 198 valence electrons. The molecule has 1 fully saturated rings. The Labute approximate surface area is 226 Å². The van der Waals surface area contributed by atoms with Gasteiger partial charge in [0, 0.05) is 31.1 Å². The Morgan fingerprint density at radius 2 is 2.00 bits per heavy atom. The van der Waals surface area contributed by atoms with Crippen molar-refractivity contribution < 1.29 is 19.1 Å². The number of hydrogen-bond acceptors (Lipinski definition) is 9. The number of fused-ring (bicyclic) bond motifs is 1. The molecule has 0 aliphatic carbocycles. The summed E-state index contributed by atoms with van der Waals surface area (Å²) < 4.78 is 12.3. The Hall–Kier alpha value is -4.04. The van der Waals surface area contributed by atoms with Crippen molar-refractivity contribution in [2.75, 3.05) is 51.1 Å². The maximum absolute atomic E-state index is 13.3. The molecule has 0 bridgehead atoms. The van der Waals surface area contributed by atoms with Gasteiger partial charge in [0.25, 0.3) is 5.91 Å². The van der Waals surface area contributed by atoms with Crippen molar-refractivity contribution in [3.63, 3.8) is 0 Å². The number of tetrazole rings is 1. The highest BCUT2D eigenvalue weighted by Crippen LogP contribution is 2.28. The molecule has 1 saturated heterocycles. The quantitative estimate of drug-likeness (QED) is 0.299. The SMILES string of the molecule is COCCNc1cc2c(C(=O)Nc3cc(-c4nnn(C5CN(C(=O)OC)C5)n4)ccc3C)cnn2cc1Br. The van der Waals surface area contributed by atoms with Crippen LogP contribution in [0.15, 0.2) is 41.1 Å². The number of nitrogens with one attached hydrogen (secondary N) is 2. The maximum Gasteiger partial charge on any atom is 0.409 e. The highest BCUT2D eigenvalue weighted by molar-refractivity contribution is 9.10. The fraction of sp³-hybridized carbons (Fsp3) is 0.333. The Bertz CT molecular complexity index is 1500. The minimum atomic E-state index is -0.377. The number of rotatable bonds is 8. The molecule has 1 aliphatic rings. The van der Waals surface area contributed by atoms with E-state index in [0.717, 1.165) is 15.7 Å². The lowest BCUT2D eigenvalue weighted by molar-refractivity contribution is 0.0621. The molecule has 2 N–H and O–H groups in total. The fourth-order valence-electron chi connectivity index (χ4n) is 4.06. The van der Waals surface area contributed by atoms with Gasteiger partial charge in [-0.2, -0.15) is 9.90 Å². The fourth-order valence-corrected chi connectivity index (χ4v) is 4.51. The summed E-state index contributed by atoms with van der Waals surface area (Å²) >= 11 is 3.53. The summed E-state index contributed by atoms with van der Waals surface area (Å²) in [5, 5.41) is 23.4. The molecule has 0 atom stereocenters. The summed E-state index contributed by atoms with van der Waals surface area (Å²) in [6, 6.07) is 7.38. The summed E-state index contributed by atoms with van der Waals surface area (Å²) in [4.78, 5) is 27.9. The first-order valence-electron chi connectivity index (χ1n) is 11.8. The van der Waals surface area contributed by atoms with Crippen LogP contribution in [0.1, 0.15) is 22.0 Å². The van der Waals surface area contributed by atoms with E-state index in [1.165, 1.54) is 11.9 Å². The monoisotopic (exact) mass is 583 g/mol. The number of aryl methyl sites for hydroxylation is 1. The molecule has 14 heteroatoms. The molecule has 1 aliphatic heterocycles. The lowest BCUT2D eigenvalue weighted by Gasteiger charge is -2.36. The van der Waals surface area contributed by atoms with Crippen LogP contribution < -0.4 is 10.6 Å². The van der Waals surface area contributed by atoms with Crippen LogP contribution in [0.5, 0.6) is 0 Å². The number of nitrogens with zero attached hydrogens (tertiary/aromatic N) is 7. The van der Waals surface area contributed by atoms with Gasteiger partial charge >= 0.3 is 6.09 Å². The van der Waals surface area contributed by atoms with Gasteiger partial charge in [-0.05, 0) is 45.8 Å². The Balaban J connectivity index is 1.33. The van der Waals surface area contributed by atoms with Gasteiger partial charge in [-0.1, -0.05) is 12.1 Å². The smallest absolute Gasteiger partial charge is 0.409 e. The van der Waals surface area contributed by atoms with Crippen molar-refractivity contribution in [1.82, 2.24) is 34.7 Å². The maximum atomic E-state index is 13.3. The molecular formula is C24H26BrN9O4. The molecule has 0 radical (unpaired) electrons.